The number of methoxy groups -OCH3 is 2. The molecule has 9 nitrogen and oxygen atoms in total. The predicted octanol–water partition coefficient (Wildman–Crippen LogP) is 5.33. The molecule has 236 valence electrons. The Morgan fingerprint density at radius 2 is 1.51 bits per heavy atom. The maximum absolute atomic E-state index is 14.5. The first-order valence-corrected chi connectivity index (χ1v) is 16.1. The SMILES string of the molecule is CCNC(=O)C(Cc1ccccc1)N(Cc1cccc(OC)c1)C(=O)CN(c1cc(Cl)ccc1OC)S(=O)(=O)c1ccccc1. The van der Waals surface area contributed by atoms with Crippen molar-refractivity contribution in [3.8, 4) is 11.5 Å². The van der Waals surface area contributed by atoms with Crippen LogP contribution in [0.4, 0.5) is 5.69 Å². The zero-order valence-electron chi connectivity index (χ0n) is 25.4. The zero-order chi connectivity index (χ0) is 32.4. The normalized spacial score (nSPS) is 11.7. The monoisotopic (exact) mass is 649 g/mol. The van der Waals surface area contributed by atoms with Gasteiger partial charge in [-0.05, 0) is 60.5 Å². The Balaban J connectivity index is 1.84. The molecule has 0 fully saturated rings. The Kier molecular flexibility index (Phi) is 11.5. The van der Waals surface area contributed by atoms with Crippen LogP contribution in [0.5, 0.6) is 11.5 Å². The number of rotatable bonds is 14. The summed E-state index contributed by atoms with van der Waals surface area (Å²) in [7, 11) is -1.36. The summed E-state index contributed by atoms with van der Waals surface area (Å²) < 4.78 is 40.2. The standard InChI is InChI=1S/C34H36ClN3O6S/c1-4-36-34(40)31(21-25-12-7-5-8-13-25)37(23-26-14-11-15-28(20-26)43-2)33(39)24-38(30-22-27(35)18-19-32(30)44-3)45(41,42)29-16-9-6-10-17-29/h5-20,22,31H,4,21,23-24H2,1-3H3,(H,36,40). The second-order valence-electron chi connectivity index (χ2n) is 10.1. The average molecular weight is 650 g/mol. The van der Waals surface area contributed by atoms with E-state index in [1.165, 1.54) is 36.3 Å². The Bertz CT molecular complexity index is 1700. The molecule has 2 amide bonds. The molecule has 4 aromatic carbocycles. The number of amides is 2. The topological polar surface area (TPSA) is 105 Å². The van der Waals surface area contributed by atoms with E-state index in [0.717, 1.165) is 9.87 Å². The molecule has 0 aliphatic carbocycles. The van der Waals surface area contributed by atoms with Gasteiger partial charge in [-0.25, -0.2) is 8.42 Å². The molecule has 11 heteroatoms. The molecule has 4 aromatic rings. The molecule has 1 N–H and O–H groups in total. The number of sulfonamides is 1. The van der Waals surface area contributed by atoms with Gasteiger partial charge in [-0.2, -0.15) is 0 Å². The number of nitrogens with one attached hydrogen (secondary N) is 1. The summed E-state index contributed by atoms with van der Waals surface area (Å²) in [5.74, 6) is -0.188. The van der Waals surface area contributed by atoms with E-state index in [-0.39, 0.29) is 40.2 Å². The van der Waals surface area contributed by atoms with E-state index in [1.807, 2.05) is 36.4 Å². The predicted molar refractivity (Wildman–Crippen MR) is 175 cm³/mol. The molecule has 0 heterocycles. The molecule has 0 saturated carbocycles. The van der Waals surface area contributed by atoms with E-state index >= 15 is 0 Å². The van der Waals surface area contributed by atoms with Gasteiger partial charge in [0, 0.05) is 24.5 Å². The first-order chi connectivity index (χ1) is 21.7. The highest BCUT2D eigenvalue weighted by Gasteiger charge is 2.35. The van der Waals surface area contributed by atoms with Crippen LogP contribution < -0.4 is 19.1 Å². The number of halogens is 1. The van der Waals surface area contributed by atoms with Crippen LogP contribution >= 0.6 is 11.6 Å². The summed E-state index contributed by atoms with van der Waals surface area (Å²) in [4.78, 5) is 29.5. The quantitative estimate of drug-likeness (QED) is 0.198. The van der Waals surface area contributed by atoms with E-state index in [1.54, 1.807) is 56.5 Å². The van der Waals surface area contributed by atoms with Crippen LogP contribution in [0.2, 0.25) is 5.02 Å². The fraction of sp³-hybridized carbons (Fsp3) is 0.235. The molecule has 0 aliphatic rings. The molecule has 0 spiro atoms. The second-order valence-corrected chi connectivity index (χ2v) is 12.4. The molecular weight excluding hydrogens is 614 g/mol. The third-order valence-corrected chi connectivity index (χ3v) is 9.14. The lowest BCUT2D eigenvalue weighted by atomic mass is 10.0. The van der Waals surface area contributed by atoms with Gasteiger partial charge in [0.2, 0.25) is 11.8 Å². The highest BCUT2D eigenvalue weighted by molar-refractivity contribution is 7.92. The number of hydrogen-bond donors (Lipinski definition) is 1. The highest BCUT2D eigenvalue weighted by Crippen LogP contribution is 2.35. The molecule has 1 unspecified atom stereocenters. The third kappa shape index (κ3) is 8.34. The van der Waals surface area contributed by atoms with Crippen molar-refractivity contribution in [3.05, 3.63) is 119 Å². The summed E-state index contributed by atoms with van der Waals surface area (Å²) >= 11 is 6.33. The largest absolute Gasteiger partial charge is 0.497 e. The summed E-state index contributed by atoms with van der Waals surface area (Å²) in [6.45, 7) is 1.52. The minimum absolute atomic E-state index is 0.0105. The van der Waals surface area contributed by atoms with Gasteiger partial charge in [0.05, 0.1) is 24.8 Å². The number of benzene rings is 4. The van der Waals surface area contributed by atoms with Crippen LogP contribution in [-0.4, -0.2) is 58.5 Å². The lowest BCUT2D eigenvalue weighted by Crippen LogP contribution is -2.53. The van der Waals surface area contributed by atoms with Crippen molar-refractivity contribution < 1.29 is 27.5 Å². The van der Waals surface area contributed by atoms with Gasteiger partial charge in [-0.15, -0.1) is 0 Å². The summed E-state index contributed by atoms with van der Waals surface area (Å²) in [5.41, 5.74) is 1.62. The van der Waals surface area contributed by atoms with Gasteiger partial charge in [0.1, 0.15) is 24.1 Å². The van der Waals surface area contributed by atoms with Gasteiger partial charge in [-0.3, -0.25) is 13.9 Å². The van der Waals surface area contributed by atoms with Crippen LogP contribution in [0.1, 0.15) is 18.1 Å². The Hall–Kier alpha value is -4.54. The van der Waals surface area contributed by atoms with E-state index in [9.17, 15) is 18.0 Å². The lowest BCUT2D eigenvalue weighted by molar-refractivity contribution is -0.140. The van der Waals surface area contributed by atoms with Gasteiger partial charge in [0.15, 0.2) is 0 Å². The van der Waals surface area contributed by atoms with Crippen LogP contribution in [0.15, 0.2) is 108 Å². The second kappa shape index (κ2) is 15.5. The molecule has 0 aliphatic heterocycles. The number of carbonyl (C=O) groups is 2. The smallest absolute Gasteiger partial charge is 0.264 e. The summed E-state index contributed by atoms with van der Waals surface area (Å²) in [5, 5.41) is 3.10. The lowest BCUT2D eigenvalue weighted by Gasteiger charge is -2.34. The molecular formula is C34H36ClN3O6S. The number of hydrogen-bond acceptors (Lipinski definition) is 6. The molecule has 0 radical (unpaired) electrons. The van der Waals surface area contributed by atoms with Crippen molar-refractivity contribution >= 4 is 39.1 Å². The van der Waals surface area contributed by atoms with Crippen LogP contribution in [0.25, 0.3) is 0 Å². The van der Waals surface area contributed by atoms with E-state index in [4.69, 9.17) is 21.1 Å². The maximum Gasteiger partial charge on any atom is 0.264 e. The third-order valence-electron chi connectivity index (χ3n) is 7.13. The number of ether oxygens (including phenoxy) is 2. The molecule has 0 aromatic heterocycles. The fourth-order valence-electron chi connectivity index (χ4n) is 4.90. The van der Waals surface area contributed by atoms with Gasteiger partial charge < -0.3 is 19.7 Å². The van der Waals surface area contributed by atoms with Crippen molar-refractivity contribution in [3.63, 3.8) is 0 Å². The van der Waals surface area contributed by atoms with E-state index < -0.39 is 28.5 Å². The first kappa shape index (κ1) is 33.4. The van der Waals surface area contributed by atoms with Crippen LogP contribution in [0, 0.1) is 0 Å². The Morgan fingerprint density at radius 1 is 0.844 bits per heavy atom. The van der Waals surface area contributed by atoms with Crippen molar-refractivity contribution in [2.24, 2.45) is 0 Å². The number of carbonyl (C=O) groups excluding carboxylic acids is 2. The van der Waals surface area contributed by atoms with Gasteiger partial charge >= 0.3 is 0 Å². The first-order valence-electron chi connectivity index (χ1n) is 14.3. The van der Waals surface area contributed by atoms with Crippen LogP contribution in [-0.2, 0) is 32.6 Å². The summed E-state index contributed by atoms with van der Waals surface area (Å²) in [6, 6.07) is 27.9. The number of anilines is 1. The maximum atomic E-state index is 14.5. The minimum Gasteiger partial charge on any atom is -0.497 e. The fourth-order valence-corrected chi connectivity index (χ4v) is 6.51. The zero-order valence-corrected chi connectivity index (χ0v) is 26.9. The van der Waals surface area contributed by atoms with Gasteiger partial charge in [-0.1, -0.05) is 72.3 Å². The average Bonchev–Trinajstić information content (AvgIpc) is 3.06. The van der Waals surface area contributed by atoms with Crippen LogP contribution in [0.3, 0.4) is 0 Å². The molecule has 1 atom stereocenters. The number of likely N-dealkylation sites (N-methyl/N-ethyl adjacent to an activating group) is 1. The van der Waals surface area contributed by atoms with Crippen molar-refractivity contribution in [1.29, 1.82) is 0 Å². The Labute approximate surface area is 269 Å². The van der Waals surface area contributed by atoms with E-state index in [0.29, 0.717) is 17.9 Å². The van der Waals surface area contributed by atoms with E-state index in [2.05, 4.69) is 5.32 Å². The van der Waals surface area contributed by atoms with Crippen molar-refractivity contribution in [2.75, 3.05) is 31.6 Å². The highest BCUT2D eigenvalue weighted by atomic mass is 35.5. The van der Waals surface area contributed by atoms with Crippen molar-refractivity contribution in [1.82, 2.24) is 10.2 Å². The minimum atomic E-state index is -4.30. The molecule has 0 bridgehead atoms. The van der Waals surface area contributed by atoms with Crippen molar-refractivity contribution in [2.45, 2.75) is 30.8 Å². The molecule has 0 saturated heterocycles. The molecule has 45 heavy (non-hydrogen) atoms. The number of nitrogens with zero attached hydrogens (tertiary/aromatic N) is 2. The van der Waals surface area contributed by atoms with Gasteiger partial charge in [0.25, 0.3) is 10.0 Å². The Morgan fingerprint density at radius 3 is 2.16 bits per heavy atom. The molecule has 4 rings (SSSR count). The summed E-state index contributed by atoms with van der Waals surface area (Å²) in [6.07, 6.45) is 0.203.